The van der Waals surface area contributed by atoms with Crippen LogP contribution in [0, 0.1) is 6.92 Å². The van der Waals surface area contributed by atoms with Gasteiger partial charge >= 0.3 is 0 Å². The molecular weight excluding hydrogens is 508 g/mol. The summed E-state index contributed by atoms with van der Waals surface area (Å²) in [5.41, 5.74) is 3.50. The first kappa shape index (κ1) is 28.1. The van der Waals surface area contributed by atoms with Crippen molar-refractivity contribution < 1.29 is 17.9 Å². The van der Waals surface area contributed by atoms with Crippen LogP contribution < -0.4 is 9.46 Å². The van der Waals surface area contributed by atoms with E-state index >= 15 is 0 Å². The number of benzene rings is 4. The van der Waals surface area contributed by atoms with Crippen LogP contribution in [0.25, 0.3) is 0 Å². The molecule has 7 heteroatoms. The van der Waals surface area contributed by atoms with Gasteiger partial charge in [-0.3, -0.25) is 4.79 Å². The molecular formula is C32H34N2O4S. The number of ether oxygens (including phenoxy) is 1. The Morgan fingerprint density at radius 1 is 0.795 bits per heavy atom. The monoisotopic (exact) mass is 542 g/mol. The molecule has 0 saturated carbocycles. The van der Waals surface area contributed by atoms with Crippen molar-refractivity contribution in [2.45, 2.75) is 44.3 Å². The fourth-order valence-electron chi connectivity index (χ4n) is 4.43. The largest absolute Gasteiger partial charge is 0.494 e. The number of nitrogens with zero attached hydrogens (tertiary/aromatic N) is 1. The molecule has 0 aromatic heterocycles. The van der Waals surface area contributed by atoms with Crippen LogP contribution in [0.2, 0.25) is 0 Å². The number of rotatable bonds is 12. The van der Waals surface area contributed by atoms with Gasteiger partial charge in [0.1, 0.15) is 11.8 Å². The first-order valence-electron chi connectivity index (χ1n) is 13.0. The van der Waals surface area contributed by atoms with Crippen molar-refractivity contribution in [3.63, 3.8) is 0 Å². The van der Waals surface area contributed by atoms with Gasteiger partial charge in [-0.15, -0.1) is 0 Å². The molecule has 4 aromatic carbocycles. The van der Waals surface area contributed by atoms with Crippen LogP contribution in [0.4, 0.5) is 0 Å². The van der Waals surface area contributed by atoms with Crippen molar-refractivity contribution in [1.82, 2.24) is 9.62 Å². The Balaban J connectivity index is 1.67. The zero-order valence-electron chi connectivity index (χ0n) is 22.3. The summed E-state index contributed by atoms with van der Waals surface area (Å²) in [6, 6.07) is 32.6. The van der Waals surface area contributed by atoms with E-state index in [0.717, 1.165) is 16.7 Å². The number of aryl methyl sites for hydroxylation is 1. The molecule has 4 rings (SSSR count). The lowest BCUT2D eigenvalue weighted by Crippen LogP contribution is -2.49. The fraction of sp³-hybridized carbons (Fsp3) is 0.219. The Labute approximate surface area is 231 Å². The molecule has 0 aliphatic heterocycles. The minimum Gasteiger partial charge on any atom is -0.494 e. The van der Waals surface area contributed by atoms with Crippen molar-refractivity contribution in [1.29, 1.82) is 0 Å². The van der Waals surface area contributed by atoms with Crippen molar-refractivity contribution >= 4 is 15.9 Å². The molecule has 202 valence electrons. The zero-order valence-corrected chi connectivity index (χ0v) is 23.1. The van der Waals surface area contributed by atoms with Crippen molar-refractivity contribution in [3.8, 4) is 5.75 Å². The molecule has 0 spiro atoms. The number of hydrogen-bond acceptors (Lipinski definition) is 4. The van der Waals surface area contributed by atoms with Gasteiger partial charge in [0.25, 0.3) is 0 Å². The summed E-state index contributed by atoms with van der Waals surface area (Å²) >= 11 is 0. The van der Waals surface area contributed by atoms with E-state index in [-0.39, 0.29) is 17.2 Å². The van der Waals surface area contributed by atoms with Gasteiger partial charge < -0.3 is 9.64 Å². The lowest BCUT2D eigenvalue weighted by Gasteiger charge is -2.28. The van der Waals surface area contributed by atoms with Crippen LogP contribution in [-0.4, -0.2) is 31.9 Å². The standard InChI is InChI=1S/C32H34N2O4S/c1-3-38-31-20-19-29(21-25(31)2)39(36,37)33-30(22-26-13-7-4-8-14-26)32(35)34(23-27-15-9-5-10-16-27)24-28-17-11-6-12-18-28/h4-21,30,33H,3,22-24H2,1-2H3/t30-/m0/s1. The lowest BCUT2D eigenvalue weighted by atomic mass is 10.0. The van der Waals surface area contributed by atoms with E-state index in [2.05, 4.69) is 4.72 Å². The van der Waals surface area contributed by atoms with E-state index in [1.165, 1.54) is 6.07 Å². The Morgan fingerprint density at radius 2 is 1.31 bits per heavy atom. The van der Waals surface area contributed by atoms with E-state index in [1.807, 2.05) is 97.9 Å². The Morgan fingerprint density at radius 3 is 1.79 bits per heavy atom. The molecule has 0 bridgehead atoms. The van der Waals surface area contributed by atoms with Gasteiger partial charge in [-0.05, 0) is 60.7 Å². The molecule has 0 aliphatic rings. The third-order valence-electron chi connectivity index (χ3n) is 6.38. The van der Waals surface area contributed by atoms with Gasteiger partial charge in [0, 0.05) is 13.1 Å². The van der Waals surface area contributed by atoms with E-state index in [9.17, 15) is 13.2 Å². The number of nitrogens with one attached hydrogen (secondary N) is 1. The van der Waals surface area contributed by atoms with Crippen molar-refractivity contribution in [2.24, 2.45) is 0 Å². The highest BCUT2D eigenvalue weighted by atomic mass is 32.2. The van der Waals surface area contributed by atoms with Crippen LogP contribution in [0.1, 0.15) is 29.2 Å². The summed E-state index contributed by atoms with van der Waals surface area (Å²) in [6.07, 6.45) is 0.217. The third-order valence-corrected chi connectivity index (χ3v) is 7.85. The molecule has 0 heterocycles. The van der Waals surface area contributed by atoms with Crippen LogP contribution in [0.5, 0.6) is 5.75 Å². The second-order valence-electron chi connectivity index (χ2n) is 9.39. The van der Waals surface area contributed by atoms with Crippen molar-refractivity contribution in [2.75, 3.05) is 6.61 Å². The fourth-order valence-corrected chi connectivity index (χ4v) is 5.70. The maximum absolute atomic E-state index is 14.2. The molecule has 6 nitrogen and oxygen atoms in total. The summed E-state index contributed by atoms with van der Waals surface area (Å²) in [6.45, 7) is 4.87. The van der Waals surface area contributed by atoms with Gasteiger partial charge in [0.15, 0.2) is 0 Å². The molecule has 1 atom stereocenters. The molecule has 4 aromatic rings. The highest BCUT2D eigenvalue weighted by molar-refractivity contribution is 7.89. The predicted molar refractivity (Wildman–Crippen MR) is 154 cm³/mol. The highest BCUT2D eigenvalue weighted by Gasteiger charge is 2.30. The molecule has 0 saturated heterocycles. The lowest BCUT2D eigenvalue weighted by molar-refractivity contribution is -0.134. The van der Waals surface area contributed by atoms with Crippen molar-refractivity contribution in [3.05, 3.63) is 131 Å². The van der Waals surface area contributed by atoms with E-state index in [4.69, 9.17) is 4.74 Å². The van der Waals surface area contributed by atoms with E-state index < -0.39 is 16.1 Å². The van der Waals surface area contributed by atoms with Crippen LogP contribution in [-0.2, 0) is 34.3 Å². The summed E-state index contributed by atoms with van der Waals surface area (Å²) in [7, 11) is -4.01. The maximum atomic E-state index is 14.2. The Kier molecular flexibility index (Phi) is 9.52. The first-order chi connectivity index (χ1) is 18.9. The summed E-state index contributed by atoms with van der Waals surface area (Å²) in [5, 5.41) is 0. The number of carbonyl (C=O) groups is 1. The zero-order chi connectivity index (χ0) is 27.7. The molecule has 1 amide bonds. The second kappa shape index (κ2) is 13.2. The molecule has 39 heavy (non-hydrogen) atoms. The van der Waals surface area contributed by atoms with Gasteiger partial charge in [0.05, 0.1) is 11.5 Å². The predicted octanol–water partition coefficient (Wildman–Crippen LogP) is 5.51. The average Bonchev–Trinajstić information content (AvgIpc) is 2.95. The van der Waals surface area contributed by atoms with Gasteiger partial charge in [-0.1, -0.05) is 91.0 Å². The summed E-state index contributed by atoms with van der Waals surface area (Å²) in [4.78, 5) is 16.0. The molecule has 0 fully saturated rings. The summed E-state index contributed by atoms with van der Waals surface area (Å²) < 4.78 is 35.5. The van der Waals surface area contributed by atoms with Gasteiger partial charge in [-0.2, -0.15) is 4.72 Å². The Bertz CT molecular complexity index is 1420. The molecule has 1 N–H and O–H groups in total. The number of carbonyl (C=O) groups excluding carboxylic acids is 1. The van der Waals surface area contributed by atoms with E-state index in [1.54, 1.807) is 24.0 Å². The van der Waals surface area contributed by atoms with Gasteiger partial charge in [0.2, 0.25) is 15.9 Å². The average molecular weight is 543 g/mol. The number of hydrogen-bond donors (Lipinski definition) is 1. The van der Waals surface area contributed by atoms with Gasteiger partial charge in [-0.25, -0.2) is 8.42 Å². The SMILES string of the molecule is CCOc1ccc(S(=O)(=O)N[C@@H](Cc2ccccc2)C(=O)N(Cc2ccccc2)Cc2ccccc2)cc1C. The highest BCUT2D eigenvalue weighted by Crippen LogP contribution is 2.23. The van der Waals surface area contributed by atoms with E-state index in [0.29, 0.717) is 31.0 Å². The number of amides is 1. The minimum atomic E-state index is -4.01. The van der Waals surface area contributed by atoms with Crippen LogP contribution in [0.3, 0.4) is 0 Å². The normalized spacial score (nSPS) is 12.1. The van der Waals surface area contributed by atoms with Crippen LogP contribution >= 0.6 is 0 Å². The molecule has 0 radical (unpaired) electrons. The minimum absolute atomic E-state index is 0.0898. The third kappa shape index (κ3) is 7.78. The quantitative estimate of drug-likeness (QED) is 0.256. The number of sulfonamides is 1. The van der Waals surface area contributed by atoms with Crippen LogP contribution in [0.15, 0.2) is 114 Å². The topological polar surface area (TPSA) is 75.7 Å². The first-order valence-corrected chi connectivity index (χ1v) is 14.5. The maximum Gasteiger partial charge on any atom is 0.241 e. The Hall–Kier alpha value is -3.94. The summed E-state index contributed by atoms with van der Waals surface area (Å²) in [5.74, 6) is 0.336. The molecule has 0 aliphatic carbocycles. The smallest absolute Gasteiger partial charge is 0.241 e. The molecule has 0 unspecified atom stereocenters. The second-order valence-corrected chi connectivity index (χ2v) is 11.1.